The van der Waals surface area contributed by atoms with Gasteiger partial charge in [0.05, 0.1) is 16.7 Å². The Morgan fingerprint density at radius 3 is 2.79 bits per heavy atom. The van der Waals surface area contributed by atoms with Gasteiger partial charge in [-0.25, -0.2) is 4.39 Å². The minimum absolute atomic E-state index is 0.152. The monoisotopic (exact) mass is 264 g/mol. The first-order chi connectivity index (χ1) is 8.99. The molecule has 2 aromatic rings. The minimum Gasteiger partial charge on any atom is -0.371 e. The molecule has 0 saturated carbocycles. The Bertz CT molecular complexity index is 612. The molecule has 19 heavy (non-hydrogen) atoms. The number of nitro groups is 1. The van der Waals surface area contributed by atoms with Crippen LogP contribution in [0.15, 0.2) is 30.5 Å². The number of nitrogens with zero attached hydrogens (tertiary/aromatic N) is 3. The van der Waals surface area contributed by atoms with Crippen molar-refractivity contribution in [3.8, 4) is 0 Å². The van der Waals surface area contributed by atoms with E-state index in [1.165, 1.54) is 0 Å². The third-order valence-corrected chi connectivity index (χ3v) is 2.83. The van der Waals surface area contributed by atoms with Crippen LogP contribution in [0.5, 0.6) is 0 Å². The van der Waals surface area contributed by atoms with Gasteiger partial charge in [0.2, 0.25) is 0 Å². The van der Waals surface area contributed by atoms with Crippen LogP contribution in [-0.2, 0) is 7.05 Å². The highest BCUT2D eigenvalue weighted by molar-refractivity contribution is 5.62. The van der Waals surface area contributed by atoms with Gasteiger partial charge in [-0.15, -0.1) is 0 Å². The maximum Gasteiger partial charge on any atom is 0.292 e. The average molecular weight is 264 g/mol. The fourth-order valence-corrected chi connectivity index (χ4v) is 1.90. The Kier molecular flexibility index (Phi) is 3.46. The van der Waals surface area contributed by atoms with Crippen LogP contribution in [0.1, 0.15) is 18.7 Å². The predicted molar refractivity (Wildman–Crippen MR) is 68.3 cm³/mol. The van der Waals surface area contributed by atoms with Gasteiger partial charge in [0.15, 0.2) is 0 Å². The lowest BCUT2D eigenvalue weighted by atomic mass is 10.2. The number of aromatic nitrogens is 2. The maximum absolute atomic E-state index is 13.2. The van der Waals surface area contributed by atoms with Crippen LogP contribution in [-0.4, -0.2) is 14.7 Å². The lowest BCUT2D eigenvalue weighted by molar-refractivity contribution is -0.384. The number of aryl methyl sites for hydroxylation is 1. The van der Waals surface area contributed by atoms with Crippen LogP contribution in [0.3, 0.4) is 0 Å². The summed E-state index contributed by atoms with van der Waals surface area (Å²) in [4.78, 5) is 10.3. The van der Waals surface area contributed by atoms with E-state index in [4.69, 9.17) is 0 Å². The topological polar surface area (TPSA) is 73.0 Å². The zero-order valence-corrected chi connectivity index (χ0v) is 10.5. The number of rotatable bonds is 4. The summed E-state index contributed by atoms with van der Waals surface area (Å²) in [6.45, 7) is 1.83. The summed E-state index contributed by atoms with van der Waals surface area (Å²) in [6.07, 6.45) is 1.63. The number of benzene rings is 1. The van der Waals surface area contributed by atoms with Gasteiger partial charge in [0.25, 0.3) is 5.69 Å². The molecule has 1 atom stereocenters. The van der Waals surface area contributed by atoms with Crippen molar-refractivity contribution in [3.05, 3.63) is 52.1 Å². The van der Waals surface area contributed by atoms with Gasteiger partial charge in [-0.1, -0.05) is 0 Å². The standard InChI is InChI=1S/C12H13FN4O2/c1-8(11-5-6-14-16(11)2)15-10-7-9(13)3-4-12(10)17(18)19/h3-8,15H,1-2H3. The van der Waals surface area contributed by atoms with Gasteiger partial charge in [-0.3, -0.25) is 14.8 Å². The second-order valence-electron chi connectivity index (χ2n) is 4.16. The Hall–Kier alpha value is -2.44. The summed E-state index contributed by atoms with van der Waals surface area (Å²) in [5.41, 5.74) is 0.840. The van der Waals surface area contributed by atoms with E-state index in [-0.39, 0.29) is 17.4 Å². The van der Waals surface area contributed by atoms with Crippen molar-refractivity contribution in [2.45, 2.75) is 13.0 Å². The molecule has 0 aliphatic rings. The molecule has 0 amide bonds. The highest BCUT2D eigenvalue weighted by Gasteiger charge is 2.18. The first-order valence-electron chi connectivity index (χ1n) is 5.67. The number of hydrogen-bond acceptors (Lipinski definition) is 4. The molecule has 0 saturated heterocycles. The van der Waals surface area contributed by atoms with Crippen molar-refractivity contribution in [1.29, 1.82) is 0 Å². The van der Waals surface area contributed by atoms with Crippen LogP contribution in [0.4, 0.5) is 15.8 Å². The SMILES string of the molecule is CC(Nc1cc(F)ccc1[N+](=O)[O-])c1ccnn1C. The largest absolute Gasteiger partial charge is 0.371 e. The molecular formula is C12H13FN4O2. The van der Waals surface area contributed by atoms with Crippen LogP contribution < -0.4 is 5.32 Å². The van der Waals surface area contributed by atoms with E-state index in [0.29, 0.717) is 0 Å². The number of halogens is 1. The van der Waals surface area contributed by atoms with Crippen molar-refractivity contribution in [1.82, 2.24) is 9.78 Å². The summed E-state index contributed by atoms with van der Waals surface area (Å²) in [5, 5.41) is 17.9. The Labute approximate surface area is 109 Å². The molecule has 1 aromatic carbocycles. The second kappa shape index (κ2) is 5.05. The molecule has 0 radical (unpaired) electrons. The Balaban J connectivity index is 2.30. The highest BCUT2D eigenvalue weighted by atomic mass is 19.1. The zero-order chi connectivity index (χ0) is 14.0. The van der Waals surface area contributed by atoms with Crippen molar-refractivity contribution >= 4 is 11.4 Å². The predicted octanol–water partition coefficient (Wildman–Crippen LogP) is 2.64. The zero-order valence-electron chi connectivity index (χ0n) is 10.5. The maximum atomic E-state index is 13.2. The smallest absolute Gasteiger partial charge is 0.292 e. The van der Waals surface area contributed by atoms with E-state index >= 15 is 0 Å². The van der Waals surface area contributed by atoms with Crippen LogP contribution in [0.2, 0.25) is 0 Å². The molecule has 7 heteroatoms. The minimum atomic E-state index is -0.544. The number of anilines is 1. The molecule has 0 aliphatic carbocycles. The number of nitrogens with one attached hydrogen (secondary N) is 1. The summed E-state index contributed by atoms with van der Waals surface area (Å²) < 4.78 is 14.9. The second-order valence-corrected chi connectivity index (χ2v) is 4.16. The van der Waals surface area contributed by atoms with Crippen LogP contribution in [0.25, 0.3) is 0 Å². The van der Waals surface area contributed by atoms with Crippen molar-refractivity contribution in [3.63, 3.8) is 0 Å². The molecule has 1 aromatic heterocycles. The quantitative estimate of drug-likeness (QED) is 0.680. The number of nitro benzene ring substituents is 1. The number of hydrogen-bond donors (Lipinski definition) is 1. The van der Waals surface area contributed by atoms with Crippen LogP contribution >= 0.6 is 0 Å². The van der Waals surface area contributed by atoms with Gasteiger partial charge < -0.3 is 5.32 Å². The van der Waals surface area contributed by atoms with E-state index in [9.17, 15) is 14.5 Å². The van der Waals surface area contributed by atoms with E-state index in [1.54, 1.807) is 24.0 Å². The summed E-state index contributed by atoms with van der Waals surface area (Å²) in [7, 11) is 1.77. The molecule has 0 bridgehead atoms. The van der Waals surface area contributed by atoms with Gasteiger partial charge in [0.1, 0.15) is 11.5 Å². The van der Waals surface area contributed by atoms with Crippen LogP contribution in [0, 0.1) is 15.9 Å². The summed E-state index contributed by atoms with van der Waals surface area (Å²) >= 11 is 0. The first kappa shape index (κ1) is 13.0. The Morgan fingerprint density at radius 2 is 2.21 bits per heavy atom. The molecule has 6 nitrogen and oxygen atoms in total. The third kappa shape index (κ3) is 2.70. The first-order valence-corrected chi connectivity index (χ1v) is 5.67. The van der Waals surface area contributed by atoms with Crippen molar-refractivity contribution in [2.24, 2.45) is 7.05 Å². The van der Waals surface area contributed by atoms with Gasteiger partial charge >= 0.3 is 0 Å². The fourth-order valence-electron chi connectivity index (χ4n) is 1.90. The normalized spacial score (nSPS) is 12.2. The van der Waals surface area contributed by atoms with Crippen molar-refractivity contribution in [2.75, 3.05) is 5.32 Å². The molecule has 1 unspecified atom stereocenters. The molecule has 100 valence electrons. The summed E-state index contributed by atoms with van der Waals surface area (Å²) in [6, 6.07) is 4.90. The third-order valence-electron chi connectivity index (χ3n) is 2.83. The van der Waals surface area contributed by atoms with Gasteiger partial charge in [-0.2, -0.15) is 5.10 Å². The molecular weight excluding hydrogens is 251 g/mol. The summed E-state index contributed by atoms with van der Waals surface area (Å²) in [5.74, 6) is -0.523. The molecule has 0 aliphatic heterocycles. The van der Waals surface area contributed by atoms with E-state index in [2.05, 4.69) is 10.4 Å². The average Bonchev–Trinajstić information content (AvgIpc) is 2.75. The van der Waals surface area contributed by atoms with Gasteiger partial charge in [-0.05, 0) is 19.1 Å². The fraction of sp³-hybridized carbons (Fsp3) is 0.250. The molecule has 0 fully saturated rings. The lowest BCUT2D eigenvalue weighted by Crippen LogP contribution is -2.12. The highest BCUT2D eigenvalue weighted by Crippen LogP contribution is 2.28. The van der Waals surface area contributed by atoms with Crippen molar-refractivity contribution < 1.29 is 9.31 Å². The van der Waals surface area contributed by atoms with E-state index in [1.807, 2.05) is 6.92 Å². The molecule has 2 rings (SSSR count). The van der Waals surface area contributed by atoms with Gasteiger partial charge in [0, 0.05) is 25.4 Å². The molecule has 0 spiro atoms. The van der Waals surface area contributed by atoms with E-state index < -0.39 is 10.7 Å². The Morgan fingerprint density at radius 1 is 1.47 bits per heavy atom. The molecule has 1 N–H and O–H groups in total. The lowest BCUT2D eigenvalue weighted by Gasteiger charge is -2.15. The molecule has 1 heterocycles. The van der Waals surface area contributed by atoms with E-state index in [0.717, 1.165) is 23.9 Å².